The lowest BCUT2D eigenvalue weighted by molar-refractivity contribution is -0.127. The van der Waals surface area contributed by atoms with E-state index in [1.807, 2.05) is 31.2 Å². The van der Waals surface area contributed by atoms with Gasteiger partial charge in [0.25, 0.3) is 15.9 Å². The normalized spacial score (nSPS) is 15.7. The average Bonchev–Trinajstić information content (AvgIpc) is 2.78. The second kappa shape index (κ2) is 8.61. The van der Waals surface area contributed by atoms with Crippen LogP contribution in [0.5, 0.6) is 5.75 Å². The monoisotopic (exact) mass is 456 g/mol. The molecule has 0 saturated heterocycles. The molecule has 1 aliphatic rings. The number of rotatable bonds is 5. The number of sulfonamides is 1. The summed E-state index contributed by atoms with van der Waals surface area (Å²) in [5.74, 6) is -0.0480. The maximum atomic E-state index is 13.3. The van der Waals surface area contributed by atoms with E-state index in [4.69, 9.17) is 16.3 Å². The van der Waals surface area contributed by atoms with Crippen molar-refractivity contribution >= 4 is 33.2 Å². The first-order chi connectivity index (χ1) is 14.8. The van der Waals surface area contributed by atoms with Crippen molar-refractivity contribution in [3.05, 3.63) is 88.9 Å². The number of fused-ring (bicyclic) bond motifs is 1. The van der Waals surface area contributed by atoms with Crippen LogP contribution in [0.3, 0.4) is 0 Å². The van der Waals surface area contributed by atoms with Crippen molar-refractivity contribution in [3.8, 4) is 5.75 Å². The number of carbonyl (C=O) groups excluding carboxylic acids is 1. The van der Waals surface area contributed by atoms with E-state index in [9.17, 15) is 13.2 Å². The Bertz CT molecular complexity index is 1200. The summed E-state index contributed by atoms with van der Waals surface area (Å²) in [6.45, 7) is 2.18. The highest BCUT2D eigenvalue weighted by Gasteiger charge is 2.37. The second-order valence-electron chi connectivity index (χ2n) is 7.27. The third-order valence-electron chi connectivity index (χ3n) is 5.02. The number of benzene rings is 3. The number of nitrogens with zero attached hydrogens (tertiary/aromatic N) is 1. The Morgan fingerprint density at radius 3 is 2.45 bits per heavy atom. The van der Waals surface area contributed by atoms with E-state index >= 15 is 0 Å². The lowest BCUT2D eigenvalue weighted by atomic mass is 10.1. The molecular formula is C23H21ClN2O4S. The molecule has 0 fully saturated rings. The van der Waals surface area contributed by atoms with Crippen molar-refractivity contribution < 1.29 is 17.9 Å². The van der Waals surface area contributed by atoms with E-state index in [1.165, 1.54) is 28.6 Å². The molecule has 6 nitrogen and oxygen atoms in total. The number of anilines is 1. The molecule has 0 bridgehead atoms. The molecule has 1 aliphatic heterocycles. The van der Waals surface area contributed by atoms with Crippen LogP contribution in [-0.4, -0.2) is 27.0 Å². The number of hydrogen-bond acceptors (Lipinski definition) is 4. The fourth-order valence-electron chi connectivity index (χ4n) is 3.31. The summed E-state index contributed by atoms with van der Waals surface area (Å²) < 4.78 is 33.7. The third-order valence-corrected chi connectivity index (χ3v) is 7.06. The molecule has 0 aliphatic carbocycles. The zero-order valence-corrected chi connectivity index (χ0v) is 18.4. The van der Waals surface area contributed by atoms with E-state index in [-0.39, 0.29) is 17.3 Å². The van der Waals surface area contributed by atoms with Gasteiger partial charge in [-0.3, -0.25) is 9.10 Å². The van der Waals surface area contributed by atoms with Gasteiger partial charge in [0, 0.05) is 11.6 Å². The molecule has 0 saturated carbocycles. The number of para-hydroxylation sites is 2. The van der Waals surface area contributed by atoms with Gasteiger partial charge in [-0.25, -0.2) is 8.42 Å². The molecule has 0 unspecified atom stereocenters. The molecule has 0 radical (unpaired) electrons. The molecule has 31 heavy (non-hydrogen) atoms. The molecule has 1 atom stereocenters. The SMILES string of the molecule is Cc1ccc(CNC(=O)[C@H]2CN(S(=O)(=O)c3ccc(Cl)cc3)c3ccccc3O2)cc1. The Morgan fingerprint density at radius 1 is 1.06 bits per heavy atom. The summed E-state index contributed by atoms with van der Waals surface area (Å²) in [4.78, 5) is 12.9. The minimum atomic E-state index is -3.92. The highest BCUT2D eigenvalue weighted by molar-refractivity contribution is 7.92. The van der Waals surface area contributed by atoms with Crippen LogP contribution in [0.15, 0.2) is 77.7 Å². The summed E-state index contributed by atoms with van der Waals surface area (Å²) in [6, 6.07) is 20.5. The van der Waals surface area contributed by atoms with Crippen molar-refractivity contribution in [1.29, 1.82) is 0 Å². The summed E-state index contributed by atoms with van der Waals surface area (Å²) in [6.07, 6.45) is -0.984. The number of halogens is 1. The summed E-state index contributed by atoms with van der Waals surface area (Å²) in [5.41, 5.74) is 2.46. The minimum Gasteiger partial charge on any atom is -0.476 e. The molecule has 0 aromatic heterocycles. The Morgan fingerprint density at radius 2 is 1.74 bits per heavy atom. The molecular weight excluding hydrogens is 436 g/mol. The Labute approximate surface area is 186 Å². The number of carbonyl (C=O) groups is 1. The zero-order chi connectivity index (χ0) is 22.0. The van der Waals surface area contributed by atoms with Crippen LogP contribution >= 0.6 is 11.6 Å². The standard InChI is InChI=1S/C23H21ClN2O4S/c1-16-6-8-17(9-7-16)14-25-23(27)22-15-26(20-4-2-3-5-21(20)30-22)31(28,29)19-12-10-18(24)11-13-19/h2-13,22H,14-15H2,1H3,(H,25,27)/t22-/m1/s1. The molecule has 1 heterocycles. The second-order valence-corrected chi connectivity index (χ2v) is 9.57. The van der Waals surface area contributed by atoms with Gasteiger partial charge < -0.3 is 10.1 Å². The van der Waals surface area contributed by atoms with Crippen LogP contribution in [0.2, 0.25) is 5.02 Å². The van der Waals surface area contributed by atoms with Crippen LogP contribution in [0, 0.1) is 6.92 Å². The number of aryl methyl sites for hydroxylation is 1. The maximum absolute atomic E-state index is 13.3. The Kier molecular flexibility index (Phi) is 5.89. The van der Waals surface area contributed by atoms with E-state index in [0.29, 0.717) is 23.0 Å². The summed E-state index contributed by atoms with van der Waals surface area (Å²) in [7, 11) is -3.92. The first kappa shape index (κ1) is 21.2. The van der Waals surface area contributed by atoms with Crippen LogP contribution in [0.25, 0.3) is 0 Å². The van der Waals surface area contributed by atoms with Crippen molar-refractivity contribution in [3.63, 3.8) is 0 Å². The van der Waals surface area contributed by atoms with Crippen LogP contribution in [-0.2, 0) is 21.4 Å². The Hall–Kier alpha value is -3.03. The van der Waals surface area contributed by atoms with Gasteiger partial charge in [0.2, 0.25) is 0 Å². The van der Waals surface area contributed by atoms with Gasteiger partial charge >= 0.3 is 0 Å². The number of ether oxygens (including phenoxy) is 1. The van der Waals surface area contributed by atoms with Gasteiger partial charge in [-0.1, -0.05) is 53.6 Å². The van der Waals surface area contributed by atoms with Crippen molar-refractivity contribution in [2.24, 2.45) is 0 Å². The number of nitrogens with one attached hydrogen (secondary N) is 1. The van der Waals surface area contributed by atoms with Gasteiger partial charge in [-0.2, -0.15) is 0 Å². The molecule has 8 heteroatoms. The van der Waals surface area contributed by atoms with Gasteiger partial charge in [0.15, 0.2) is 6.10 Å². The number of hydrogen-bond donors (Lipinski definition) is 1. The highest BCUT2D eigenvalue weighted by atomic mass is 35.5. The van der Waals surface area contributed by atoms with Crippen molar-refractivity contribution in [2.45, 2.75) is 24.5 Å². The van der Waals surface area contributed by atoms with Gasteiger partial charge in [-0.05, 0) is 48.9 Å². The quantitative estimate of drug-likeness (QED) is 0.631. The molecule has 160 valence electrons. The predicted octanol–water partition coefficient (Wildman–Crippen LogP) is 3.92. The van der Waals surface area contributed by atoms with Crippen LogP contribution < -0.4 is 14.4 Å². The summed E-state index contributed by atoms with van der Waals surface area (Å²) in [5, 5.41) is 3.27. The van der Waals surface area contributed by atoms with Gasteiger partial charge in [0.1, 0.15) is 5.75 Å². The van der Waals surface area contributed by atoms with E-state index in [0.717, 1.165) is 11.1 Å². The maximum Gasteiger partial charge on any atom is 0.264 e. The van der Waals surface area contributed by atoms with Crippen LogP contribution in [0.1, 0.15) is 11.1 Å². The molecule has 1 amide bonds. The largest absolute Gasteiger partial charge is 0.476 e. The molecule has 3 aromatic rings. The van der Waals surface area contributed by atoms with Gasteiger partial charge in [-0.15, -0.1) is 0 Å². The third kappa shape index (κ3) is 4.52. The first-order valence-electron chi connectivity index (χ1n) is 9.72. The van der Waals surface area contributed by atoms with E-state index < -0.39 is 16.1 Å². The predicted molar refractivity (Wildman–Crippen MR) is 120 cm³/mol. The summed E-state index contributed by atoms with van der Waals surface area (Å²) >= 11 is 5.91. The fourth-order valence-corrected chi connectivity index (χ4v) is 4.91. The average molecular weight is 457 g/mol. The van der Waals surface area contributed by atoms with Gasteiger partial charge in [0.05, 0.1) is 17.1 Å². The topological polar surface area (TPSA) is 75.7 Å². The van der Waals surface area contributed by atoms with Crippen molar-refractivity contribution in [2.75, 3.05) is 10.8 Å². The van der Waals surface area contributed by atoms with E-state index in [2.05, 4.69) is 5.32 Å². The van der Waals surface area contributed by atoms with Crippen molar-refractivity contribution in [1.82, 2.24) is 5.32 Å². The van der Waals surface area contributed by atoms with Crippen LogP contribution in [0.4, 0.5) is 5.69 Å². The molecule has 3 aromatic carbocycles. The first-order valence-corrected chi connectivity index (χ1v) is 11.5. The number of amides is 1. The lowest BCUT2D eigenvalue weighted by Crippen LogP contribution is -2.50. The smallest absolute Gasteiger partial charge is 0.264 e. The minimum absolute atomic E-state index is 0.0902. The molecule has 4 rings (SSSR count). The lowest BCUT2D eigenvalue weighted by Gasteiger charge is -2.34. The molecule has 1 N–H and O–H groups in total. The fraction of sp³-hybridized carbons (Fsp3) is 0.174. The highest BCUT2D eigenvalue weighted by Crippen LogP contribution is 2.36. The zero-order valence-electron chi connectivity index (χ0n) is 16.8. The Balaban J connectivity index is 1.58. The molecule has 0 spiro atoms. The van der Waals surface area contributed by atoms with E-state index in [1.54, 1.807) is 24.3 Å².